The molecule has 1 spiro atoms. The highest BCUT2D eigenvalue weighted by atomic mass is 19.4. The number of alkyl halides is 3. The summed E-state index contributed by atoms with van der Waals surface area (Å²) in [6, 6.07) is 7.40. The third-order valence-corrected chi connectivity index (χ3v) is 8.27. The number of anilines is 1. The molecule has 1 aliphatic heterocycles. The Balaban J connectivity index is 1.47. The molecule has 10 heteroatoms. The smallest absolute Gasteiger partial charge is 0.317 e. The number of benzene rings is 1. The lowest BCUT2D eigenvalue weighted by Crippen LogP contribution is -2.55. The fraction of sp³-hybridized carbons (Fsp3) is 0.600. The predicted octanol–water partition coefficient (Wildman–Crippen LogP) is 5.00. The Morgan fingerprint density at radius 3 is 2.34 bits per heavy atom. The van der Waals surface area contributed by atoms with Gasteiger partial charge in [-0.2, -0.15) is 18.3 Å². The maximum absolute atomic E-state index is 14.1. The van der Waals surface area contributed by atoms with Gasteiger partial charge in [0, 0.05) is 25.2 Å². The number of hydrogen-bond acceptors (Lipinski definition) is 3. The van der Waals surface area contributed by atoms with Gasteiger partial charge in [0.1, 0.15) is 11.6 Å². The first-order valence-corrected chi connectivity index (χ1v) is 12.1. The van der Waals surface area contributed by atoms with E-state index in [0.717, 1.165) is 29.2 Å². The van der Waals surface area contributed by atoms with Gasteiger partial charge in [0.05, 0.1) is 12.1 Å². The van der Waals surface area contributed by atoms with Gasteiger partial charge in [0.25, 0.3) is 0 Å². The fourth-order valence-electron chi connectivity index (χ4n) is 5.98. The monoisotopic (exact) mass is 493 g/mol. The summed E-state index contributed by atoms with van der Waals surface area (Å²) in [6.45, 7) is 0.941. The number of carbonyl (C=O) groups excluding carboxylic acids is 1. The number of halogens is 4. The molecule has 0 bridgehead atoms. The van der Waals surface area contributed by atoms with Crippen LogP contribution in [-0.4, -0.2) is 58.3 Å². The van der Waals surface area contributed by atoms with E-state index >= 15 is 0 Å². The lowest BCUT2D eigenvalue weighted by Gasteiger charge is -2.51. The maximum atomic E-state index is 14.1. The molecule has 1 aromatic heterocycles. The molecule has 2 heterocycles. The van der Waals surface area contributed by atoms with Crippen molar-refractivity contribution < 1.29 is 22.4 Å². The molecule has 6 nitrogen and oxygen atoms in total. The van der Waals surface area contributed by atoms with Crippen LogP contribution in [-0.2, 0) is 18.8 Å². The van der Waals surface area contributed by atoms with Crippen molar-refractivity contribution in [3.05, 3.63) is 47.4 Å². The SMILES string of the molecule is Cn1nc(C(F)(F)F)cc1N1C[C@]2(CC[C@](c3cccc(F)c3)(N(C)C)CC2)N(CC2CC2)C1=O. The van der Waals surface area contributed by atoms with E-state index < -0.39 is 17.4 Å². The summed E-state index contributed by atoms with van der Waals surface area (Å²) < 4.78 is 55.2. The molecule has 3 aliphatic rings. The quantitative estimate of drug-likeness (QED) is 0.551. The van der Waals surface area contributed by atoms with Crippen molar-refractivity contribution in [3.8, 4) is 0 Å². The molecule has 2 aromatic rings. The van der Waals surface area contributed by atoms with E-state index in [9.17, 15) is 22.4 Å². The summed E-state index contributed by atoms with van der Waals surface area (Å²) in [5.41, 5.74) is -0.937. The van der Waals surface area contributed by atoms with Crippen LogP contribution in [0.25, 0.3) is 0 Å². The van der Waals surface area contributed by atoms with Gasteiger partial charge in [0.15, 0.2) is 5.69 Å². The molecule has 0 radical (unpaired) electrons. The largest absolute Gasteiger partial charge is 0.435 e. The molecule has 0 atom stereocenters. The first-order chi connectivity index (χ1) is 16.4. The second kappa shape index (κ2) is 8.21. The standard InChI is InChI=1S/C25H31F4N5O/c1-31(2)24(18-5-4-6-19(26)13-18)11-9-23(10-12-24)16-33(22(35)34(23)15-17-7-8-17)21-14-20(25(27,28)29)30-32(21)3/h4-6,13-14,17H,7-12,15-16H2,1-3H3/t23-,24+. The van der Waals surface area contributed by atoms with Crippen molar-refractivity contribution in [1.82, 2.24) is 19.6 Å². The highest BCUT2D eigenvalue weighted by molar-refractivity contribution is 5.94. The molecule has 2 saturated carbocycles. The molecule has 190 valence electrons. The van der Waals surface area contributed by atoms with Crippen LogP contribution in [0.5, 0.6) is 0 Å². The van der Waals surface area contributed by atoms with Crippen LogP contribution in [0.1, 0.15) is 49.8 Å². The number of amides is 2. The molecule has 3 fully saturated rings. The second-order valence-electron chi connectivity index (χ2n) is 10.6. The number of aromatic nitrogens is 2. The van der Waals surface area contributed by atoms with E-state index in [1.54, 1.807) is 12.1 Å². The Morgan fingerprint density at radius 2 is 1.80 bits per heavy atom. The Bertz CT molecular complexity index is 1120. The van der Waals surface area contributed by atoms with Gasteiger partial charge in [-0.15, -0.1) is 0 Å². The molecular weight excluding hydrogens is 462 g/mol. The average Bonchev–Trinajstić information content (AvgIpc) is 3.48. The van der Waals surface area contributed by atoms with E-state index in [4.69, 9.17) is 0 Å². The summed E-state index contributed by atoms with van der Waals surface area (Å²) >= 11 is 0. The Hall–Kier alpha value is -2.62. The zero-order valence-electron chi connectivity index (χ0n) is 20.3. The van der Waals surface area contributed by atoms with E-state index in [1.165, 1.54) is 18.0 Å². The molecular formula is C25H31F4N5O. The zero-order valence-corrected chi connectivity index (χ0v) is 20.3. The summed E-state index contributed by atoms with van der Waals surface area (Å²) in [5.74, 6) is 0.324. The molecule has 2 aliphatic carbocycles. The van der Waals surface area contributed by atoms with Gasteiger partial charge in [-0.05, 0) is 76.2 Å². The Labute approximate surface area is 202 Å². The van der Waals surface area contributed by atoms with Crippen LogP contribution in [0.2, 0.25) is 0 Å². The van der Waals surface area contributed by atoms with Gasteiger partial charge >= 0.3 is 12.2 Å². The van der Waals surface area contributed by atoms with E-state index in [2.05, 4.69) is 10.00 Å². The number of rotatable bonds is 5. The van der Waals surface area contributed by atoms with Crippen LogP contribution in [0.3, 0.4) is 0 Å². The van der Waals surface area contributed by atoms with Crippen LogP contribution < -0.4 is 4.90 Å². The maximum Gasteiger partial charge on any atom is 0.435 e. The minimum Gasteiger partial charge on any atom is -0.317 e. The highest BCUT2D eigenvalue weighted by Gasteiger charge is 2.56. The molecule has 1 saturated heterocycles. The number of aryl methyl sites for hydroxylation is 1. The number of hydrogen-bond donors (Lipinski definition) is 0. The molecule has 2 amide bonds. The van der Waals surface area contributed by atoms with Gasteiger partial charge < -0.3 is 4.90 Å². The zero-order chi connectivity index (χ0) is 25.2. The van der Waals surface area contributed by atoms with Crippen molar-refractivity contribution in [2.24, 2.45) is 13.0 Å². The molecule has 0 unspecified atom stereocenters. The van der Waals surface area contributed by atoms with Gasteiger partial charge in [-0.25, -0.2) is 9.18 Å². The average molecular weight is 494 g/mol. The third kappa shape index (κ3) is 4.09. The number of nitrogens with zero attached hydrogens (tertiary/aromatic N) is 5. The van der Waals surface area contributed by atoms with Crippen molar-refractivity contribution in [3.63, 3.8) is 0 Å². The molecule has 0 N–H and O–H groups in total. The lowest BCUT2D eigenvalue weighted by molar-refractivity contribution is -0.141. The molecule has 1 aromatic carbocycles. The van der Waals surface area contributed by atoms with E-state index in [-0.39, 0.29) is 23.2 Å². The third-order valence-electron chi connectivity index (χ3n) is 8.27. The van der Waals surface area contributed by atoms with Crippen molar-refractivity contribution in [2.45, 2.75) is 55.8 Å². The summed E-state index contributed by atoms with van der Waals surface area (Å²) in [7, 11) is 5.42. The first kappa shape index (κ1) is 24.1. The second-order valence-corrected chi connectivity index (χ2v) is 10.6. The van der Waals surface area contributed by atoms with Crippen LogP contribution in [0.15, 0.2) is 30.3 Å². The van der Waals surface area contributed by atoms with Crippen molar-refractivity contribution in [2.75, 3.05) is 32.1 Å². The number of urea groups is 1. The van der Waals surface area contributed by atoms with Crippen LogP contribution in [0, 0.1) is 11.7 Å². The fourth-order valence-corrected chi connectivity index (χ4v) is 5.98. The van der Waals surface area contributed by atoms with Crippen molar-refractivity contribution >= 4 is 11.8 Å². The summed E-state index contributed by atoms with van der Waals surface area (Å²) in [5, 5.41) is 3.62. The molecule has 35 heavy (non-hydrogen) atoms. The van der Waals surface area contributed by atoms with E-state index in [0.29, 0.717) is 44.7 Å². The summed E-state index contributed by atoms with van der Waals surface area (Å²) in [6.07, 6.45) is 0.339. The topological polar surface area (TPSA) is 44.6 Å². The molecule has 5 rings (SSSR count). The van der Waals surface area contributed by atoms with Gasteiger partial charge in [-0.3, -0.25) is 14.5 Å². The first-order valence-electron chi connectivity index (χ1n) is 12.1. The van der Waals surface area contributed by atoms with Crippen LogP contribution in [0.4, 0.5) is 28.2 Å². The predicted molar refractivity (Wildman–Crippen MR) is 123 cm³/mol. The number of carbonyl (C=O) groups is 1. The van der Waals surface area contributed by atoms with Crippen LogP contribution >= 0.6 is 0 Å². The minimum absolute atomic E-state index is 0.162. The van der Waals surface area contributed by atoms with E-state index in [1.807, 2.05) is 25.1 Å². The minimum atomic E-state index is -4.58. The summed E-state index contributed by atoms with van der Waals surface area (Å²) in [4.78, 5) is 19.1. The Morgan fingerprint density at radius 1 is 1.11 bits per heavy atom. The highest BCUT2D eigenvalue weighted by Crippen LogP contribution is 2.50. The normalized spacial score (nSPS) is 27.5. The Kier molecular flexibility index (Phi) is 5.65. The van der Waals surface area contributed by atoms with Crippen molar-refractivity contribution in [1.29, 1.82) is 0 Å². The van der Waals surface area contributed by atoms with Gasteiger partial charge in [0.2, 0.25) is 0 Å². The van der Waals surface area contributed by atoms with Gasteiger partial charge in [-0.1, -0.05) is 12.1 Å². The lowest BCUT2D eigenvalue weighted by atomic mass is 9.68.